The largest absolute Gasteiger partial charge is 0.346 e. The molecule has 2 aromatic rings. The van der Waals surface area contributed by atoms with E-state index in [0.717, 1.165) is 31.6 Å². The maximum absolute atomic E-state index is 13.1. The second kappa shape index (κ2) is 7.35. The van der Waals surface area contributed by atoms with Crippen molar-refractivity contribution in [1.82, 2.24) is 29.7 Å². The number of nitrogens with zero attached hydrogens (tertiary/aromatic N) is 6. The van der Waals surface area contributed by atoms with Crippen LogP contribution in [0.3, 0.4) is 0 Å². The van der Waals surface area contributed by atoms with Crippen LogP contribution in [-0.4, -0.2) is 87.3 Å². The van der Waals surface area contributed by atoms with Crippen LogP contribution in [0.1, 0.15) is 29.8 Å². The zero-order chi connectivity index (χ0) is 19.7. The van der Waals surface area contributed by atoms with Gasteiger partial charge in [0.15, 0.2) is 5.69 Å². The molecule has 8 heteroatoms. The highest BCUT2D eigenvalue weighted by atomic mass is 16.2. The zero-order valence-electron chi connectivity index (χ0n) is 16.4. The van der Waals surface area contributed by atoms with E-state index in [1.807, 2.05) is 42.3 Å². The number of carbonyl (C=O) groups excluding carboxylic acids is 2. The van der Waals surface area contributed by atoms with E-state index in [9.17, 15) is 9.59 Å². The molecule has 1 spiro atoms. The van der Waals surface area contributed by atoms with Crippen LogP contribution in [0.4, 0.5) is 0 Å². The number of amides is 2. The van der Waals surface area contributed by atoms with Crippen LogP contribution in [0.5, 0.6) is 0 Å². The SMILES string of the molecule is CN1CC[C@]2(CCC1=O)CN(C(=O)c1cn(-c3ccccc3)nn1)CCN2C. The number of aromatic nitrogens is 3. The van der Waals surface area contributed by atoms with Crippen LogP contribution >= 0.6 is 0 Å². The average molecular weight is 382 g/mol. The topological polar surface area (TPSA) is 74.6 Å². The van der Waals surface area contributed by atoms with Gasteiger partial charge in [-0.3, -0.25) is 14.5 Å². The van der Waals surface area contributed by atoms with Gasteiger partial charge in [-0.1, -0.05) is 23.4 Å². The molecule has 28 heavy (non-hydrogen) atoms. The Bertz CT molecular complexity index is 867. The van der Waals surface area contributed by atoms with Crippen molar-refractivity contribution in [2.45, 2.75) is 24.8 Å². The van der Waals surface area contributed by atoms with E-state index < -0.39 is 0 Å². The first kappa shape index (κ1) is 18.6. The number of rotatable bonds is 2. The van der Waals surface area contributed by atoms with Gasteiger partial charge in [-0.05, 0) is 32.0 Å². The maximum atomic E-state index is 13.1. The summed E-state index contributed by atoms with van der Waals surface area (Å²) < 4.78 is 1.62. The van der Waals surface area contributed by atoms with E-state index in [4.69, 9.17) is 0 Å². The molecule has 148 valence electrons. The Morgan fingerprint density at radius 3 is 2.64 bits per heavy atom. The third-order valence-electron chi connectivity index (χ3n) is 6.16. The lowest BCUT2D eigenvalue weighted by molar-refractivity contribution is -0.129. The van der Waals surface area contributed by atoms with Crippen molar-refractivity contribution < 1.29 is 9.59 Å². The summed E-state index contributed by atoms with van der Waals surface area (Å²) in [6.45, 7) is 2.77. The van der Waals surface area contributed by atoms with Crippen molar-refractivity contribution in [2.24, 2.45) is 0 Å². The van der Waals surface area contributed by atoms with Gasteiger partial charge in [0.25, 0.3) is 5.91 Å². The molecule has 0 unspecified atom stereocenters. The van der Waals surface area contributed by atoms with Crippen molar-refractivity contribution >= 4 is 11.8 Å². The third-order valence-corrected chi connectivity index (χ3v) is 6.16. The molecule has 1 aromatic carbocycles. The first-order chi connectivity index (χ1) is 13.5. The molecule has 0 saturated carbocycles. The highest BCUT2D eigenvalue weighted by molar-refractivity contribution is 5.92. The second-order valence-electron chi connectivity index (χ2n) is 7.82. The Morgan fingerprint density at radius 1 is 1.07 bits per heavy atom. The first-order valence-corrected chi connectivity index (χ1v) is 9.71. The first-order valence-electron chi connectivity index (χ1n) is 9.71. The minimum atomic E-state index is -0.163. The van der Waals surface area contributed by atoms with E-state index in [2.05, 4.69) is 22.3 Å². The van der Waals surface area contributed by atoms with Gasteiger partial charge in [0, 0.05) is 45.2 Å². The molecule has 2 amide bonds. The molecule has 0 bridgehead atoms. The molecular weight excluding hydrogens is 356 g/mol. The number of hydrogen-bond donors (Lipinski definition) is 0. The number of para-hydroxylation sites is 1. The van der Waals surface area contributed by atoms with Gasteiger partial charge in [-0.2, -0.15) is 0 Å². The van der Waals surface area contributed by atoms with E-state index in [1.165, 1.54) is 0 Å². The Morgan fingerprint density at radius 2 is 1.86 bits per heavy atom. The molecule has 3 heterocycles. The van der Waals surface area contributed by atoms with Crippen molar-refractivity contribution in [2.75, 3.05) is 40.3 Å². The van der Waals surface area contributed by atoms with Crippen molar-refractivity contribution in [3.8, 4) is 5.69 Å². The fourth-order valence-corrected chi connectivity index (χ4v) is 4.16. The minimum Gasteiger partial charge on any atom is -0.346 e. The normalized spacial score (nSPS) is 23.9. The molecule has 4 rings (SSSR count). The Hall–Kier alpha value is -2.74. The van der Waals surface area contributed by atoms with Crippen LogP contribution in [0.25, 0.3) is 5.69 Å². The van der Waals surface area contributed by atoms with Crippen LogP contribution < -0.4 is 0 Å². The lowest BCUT2D eigenvalue weighted by atomic mass is 9.86. The minimum absolute atomic E-state index is 0.0985. The third kappa shape index (κ3) is 3.40. The van der Waals surface area contributed by atoms with Crippen molar-refractivity contribution in [3.63, 3.8) is 0 Å². The standard InChI is InChI=1S/C20H26N6O2/c1-23-11-10-20(9-8-18(23)27)15-25(13-12-24(20)2)19(28)17-14-26(22-21-17)16-6-4-3-5-7-16/h3-7,14H,8-13,15H2,1-2H3/t20-/m1/s1. The lowest BCUT2D eigenvalue weighted by Crippen LogP contribution is -2.62. The van der Waals surface area contributed by atoms with E-state index in [-0.39, 0.29) is 17.4 Å². The summed E-state index contributed by atoms with van der Waals surface area (Å²) in [4.78, 5) is 31.2. The molecule has 1 atom stereocenters. The predicted molar refractivity (Wildman–Crippen MR) is 104 cm³/mol. The van der Waals surface area contributed by atoms with Gasteiger partial charge in [-0.25, -0.2) is 4.68 Å². The van der Waals surface area contributed by atoms with Crippen LogP contribution in [0.15, 0.2) is 36.5 Å². The van der Waals surface area contributed by atoms with E-state index >= 15 is 0 Å². The summed E-state index contributed by atoms with van der Waals surface area (Å²) in [5, 5.41) is 8.22. The molecule has 0 N–H and O–H groups in total. The number of carbonyl (C=O) groups is 2. The van der Waals surface area contributed by atoms with Crippen molar-refractivity contribution in [1.29, 1.82) is 0 Å². The second-order valence-corrected chi connectivity index (χ2v) is 7.82. The van der Waals surface area contributed by atoms with Gasteiger partial charge < -0.3 is 9.80 Å². The average Bonchev–Trinajstić information content (AvgIpc) is 3.17. The summed E-state index contributed by atoms with van der Waals surface area (Å²) in [7, 11) is 3.96. The number of benzene rings is 1. The van der Waals surface area contributed by atoms with Gasteiger partial charge in [-0.15, -0.1) is 5.10 Å². The molecule has 8 nitrogen and oxygen atoms in total. The summed E-state index contributed by atoms with van der Waals surface area (Å²) in [6.07, 6.45) is 3.85. The smallest absolute Gasteiger partial charge is 0.276 e. The lowest BCUT2D eigenvalue weighted by Gasteiger charge is -2.49. The molecule has 0 radical (unpaired) electrons. The zero-order valence-corrected chi connectivity index (χ0v) is 16.4. The number of likely N-dealkylation sites (N-methyl/N-ethyl adjacent to an activating group) is 1. The Kier molecular flexibility index (Phi) is 4.89. The number of piperazine rings is 1. The van der Waals surface area contributed by atoms with Gasteiger partial charge in [0.05, 0.1) is 11.9 Å². The quantitative estimate of drug-likeness (QED) is 0.776. The Labute approximate surface area is 164 Å². The van der Waals surface area contributed by atoms with E-state index in [1.54, 1.807) is 15.8 Å². The maximum Gasteiger partial charge on any atom is 0.276 e. The summed E-state index contributed by atoms with van der Waals surface area (Å²) in [6, 6.07) is 9.63. The molecular formula is C20H26N6O2. The van der Waals surface area contributed by atoms with E-state index in [0.29, 0.717) is 25.2 Å². The highest BCUT2D eigenvalue weighted by Gasteiger charge is 2.43. The Balaban J connectivity index is 1.52. The molecule has 2 fully saturated rings. The molecule has 2 saturated heterocycles. The van der Waals surface area contributed by atoms with Gasteiger partial charge in [0.1, 0.15) is 0 Å². The number of hydrogen-bond acceptors (Lipinski definition) is 5. The summed E-state index contributed by atoms with van der Waals surface area (Å²) in [5.74, 6) is 0.0816. The van der Waals surface area contributed by atoms with Crippen LogP contribution in [0, 0.1) is 0 Å². The monoisotopic (exact) mass is 382 g/mol. The van der Waals surface area contributed by atoms with Gasteiger partial charge in [0.2, 0.25) is 5.91 Å². The fourth-order valence-electron chi connectivity index (χ4n) is 4.16. The summed E-state index contributed by atoms with van der Waals surface area (Å²) in [5.41, 5.74) is 1.06. The van der Waals surface area contributed by atoms with Crippen molar-refractivity contribution in [3.05, 3.63) is 42.2 Å². The van der Waals surface area contributed by atoms with Crippen LogP contribution in [-0.2, 0) is 4.79 Å². The molecule has 2 aliphatic rings. The van der Waals surface area contributed by atoms with Crippen LogP contribution in [0.2, 0.25) is 0 Å². The van der Waals surface area contributed by atoms with Gasteiger partial charge >= 0.3 is 0 Å². The predicted octanol–water partition coefficient (Wildman–Crippen LogP) is 1.04. The summed E-state index contributed by atoms with van der Waals surface area (Å²) >= 11 is 0. The molecule has 1 aromatic heterocycles. The fraction of sp³-hybridized carbons (Fsp3) is 0.500. The number of likely N-dealkylation sites (tertiary alicyclic amines) is 1. The highest BCUT2D eigenvalue weighted by Crippen LogP contribution is 2.32. The molecule has 0 aliphatic carbocycles. The molecule has 2 aliphatic heterocycles.